The van der Waals surface area contributed by atoms with Gasteiger partial charge in [0.2, 0.25) is 0 Å². The molecule has 3 rings (SSSR count). The third-order valence-corrected chi connectivity index (χ3v) is 5.42. The first kappa shape index (κ1) is 14.0. The number of para-hydroxylation sites is 1. The molecule has 0 aliphatic heterocycles. The van der Waals surface area contributed by atoms with Crippen LogP contribution in [0.15, 0.2) is 30.3 Å². The summed E-state index contributed by atoms with van der Waals surface area (Å²) in [6.07, 6.45) is 8.48. The van der Waals surface area contributed by atoms with E-state index in [1.54, 1.807) is 0 Å². The first-order valence-corrected chi connectivity index (χ1v) is 8.31. The van der Waals surface area contributed by atoms with Crippen LogP contribution in [0.4, 0.5) is 0 Å². The minimum atomic E-state index is 0.516. The summed E-state index contributed by atoms with van der Waals surface area (Å²) >= 11 is 0. The van der Waals surface area contributed by atoms with Crippen molar-refractivity contribution in [3.63, 3.8) is 0 Å². The molecule has 0 radical (unpaired) electrons. The van der Waals surface area contributed by atoms with Gasteiger partial charge in [-0.2, -0.15) is 0 Å². The molecule has 110 valence electrons. The van der Waals surface area contributed by atoms with Gasteiger partial charge in [0, 0.05) is 0 Å². The molecule has 0 amide bonds. The van der Waals surface area contributed by atoms with Gasteiger partial charge in [-0.3, -0.25) is 0 Å². The molecule has 2 unspecified atom stereocenters. The second-order valence-electron chi connectivity index (χ2n) is 7.67. The number of hydrogen-bond acceptors (Lipinski definition) is 1. The Balaban J connectivity index is 1.52. The molecule has 1 nitrogen and oxygen atoms in total. The normalized spacial score (nSPS) is 36.6. The maximum Gasteiger partial charge on any atom is 0.119 e. The quantitative estimate of drug-likeness (QED) is 0.722. The molecule has 1 aromatic carbocycles. The first-order valence-electron chi connectivity index (χ1n) is 8.31. The van der Waals surface area contributed by atoms with E-state index in [0.29, 0.717) is 5.41 Å². The van der Waals surface area contributed by atoms with Gasteiger partial charge in [0.25, 0.3) is 0 Å². The van der Waals surface area contributed by atoms with Crippen LogP contribution in [-0.4, -0.2) is 6.61 Å². The zero-order valence-electron chi connectivity index (χ0n) is 13.0. The summed E-state index contributed by atoms with van der Waals surface area (Å²) < 4.78 is 5.92. The average Bonchev–Trinajstić information content (AvgIpc) is 2.38. The monoisotopic (exact) mass is 272 g/mol. The van der Waals surface area contributed by atoms with Crippen LogP contribution < -0.4 is 4.74 Å². The maximum absolute atomic E-state index is 5.92. The molecular formula is C19H28O. The van der Waals surface area contributed by atoms with E-state index >= 15 is 0 Å². The Bertz CT molecular complexity index is 407. The predicted molar refractivity (Wildman–Crippen MR) is 83.9 cm³/mol. The van der Waals surface area contributed by atoms with E-state index in [4.69, 9.17) is 4.74 Å². The maximum atomic E-state index is 5.92. The van der Waals surface area contributed by atoms with Crippen LogP contribution >= 0.6 is 0 Å². The molecule has 0 N–H and O–H groups in total. The molecule has 2 atom stereocenters. The van der Waals surface area contributed by atoms with Gasteiger partial charge in [-0.25, -0.2) is 0 Å². The summed E-state index contributed by atoms with van der Waals surface area (Å²) in [7, 11) is 0. The summed E-state index contributed by atoms with van der Waals surface area (Å²) in [5, 5.41) is 0. The molecule has 2 saturated carbocycles. The summed E-state index contributed by atoms with van der Waals surface area (Å²) in [5.41, 5.74) is 0.516. The highest BCUT2D eigenvalue weighted by atomic mass is 16.5. The third-order valence-electron chi connectivity index (χ3n) is 5.42. The fraction of sp³-hybridized carbons (Fsp3) is 0.684. The van der Waals surface area contributed by atoms with Gasteiger partial charge >= 0.3 is 0 Å². The lowest BCUT2D eigenvalue weighted by atomic mass is 9.59. The van der Waals surface area contributed by atoms with E-state index in [0.717, 1.165) is 30.1 Å². The van der Waals surface area contributed by atoms with Gasteiger partial charge in [-0.1, -0.05) is 32.0 Å². The van der Waals surface area contributed by atoms with Crippen LogP contribution in [0.5, 0.6) is 5.75 Å². The van der Waals surface area contributed by atoms with Crippen molar-refractivity contribution in [2.45, 2.75) is 52.4 Å². The highest BCUT2D eigenvalue weighted by molar-refractivity contribution is 5.20. The Morgan fingerprint density at radius 1 is 1.05 bits per heavy atom. The zero-order valence-corrected chi connectivity index (χ0v) is 13.0. The topological polar surface area (TPSA) is 9.23 Å². The minimum absolute atomic E-state index is 0.516. The number of hydrogen-bond donors (Lipinski definition) is 0. The zero-order chi connectivity index (χ0) is 14.0. The predicted octanol–water partition coefficient (Wildman–Crippen LogP) is 5.31. The van der Waals surface area contributed by atoms with Crippen molar-refractivity contribution in [2.75, 3.05) is 6.61 Å². The Kier molecular flexibility index (Phi) is 4.05. The summed E-state index contributed by atoms with van der Waals surface area (Å²) in [6, 6.07) is 10.2. The van der Waals surface area contributed by atoms with Gasteiger partial charge in [0.1, 0.15) is 5.75 Å². The Hall–Kier alpha value is -0.980. The molecule has 0 spiro atoms. The van der Waals surface area contributed by atoms with Gasteiger partial charge in [0.05, 0.1) is 6.61 Å². The van der Waals surface area contributed by atoms with Crippen LogP contribution in [0.1, 0.15) is 52.4 Å². The van der Waals surface area contributed by atoms with E-state index in [1.807, 2.05) is 18.2 Å². The van der Waals surface area contributed by atoms with E-state index in [1.165, 1.54) is 38.5 Å². The van der Waals surface area contributed by atoms with Gasteiger partial charge in [-0.05, 0) is 73.8 Å². The second-order valence-corrected chi connectivity index (χ2v) is 7.67. The highest BCUT2D eigenvalue weighted by Gasteiger charge is 2.40. The molecule has 1 heteroatoms. The van der Waals surface area contributed by atoms with Crippen molar-refractivity contribution in [3.8, 4) is 5.75 Å². The fourth-order valence-corrected chi connectivity index (χ4v) is 4.84. The van der Waals surface area contributed by atoms with Crippen molar-refractivity contribution in [3.05, 3.63) is 30.3 Å². The SMILES string of the molecule is CC1CC2CC(C1)CC(C)(CCOc1ccccc1)C2. The largest absolute Gasteiger partial charge is 0.494 e. The number of benzene rings is 1. The van der Waals surface area contributed by atoms with Gasteiger partial charge in [0.15, 0.2) is 0 Å². The Labute approximate surface area is 123 Å². The third kappa shape index (κ3) is 3.37. The van der Waals surface area contributed by atoms with E-state index in [-0.39, 0.29) is 0 Å². The first-order chi connectivity index (χ1) is 9.63. The lowest BCUT2D eigenvalue weighted by Crippen LogP contribution is -2.37. The van der Waals surface area contributed by atoms with Gasteiger partial charge in [-0.15, -0.1) is 0 Å². The smallest absolute Gasteiger partial charge is 0.119 e. The molecule has 2 fully saturated rings. The minimum Gasteiger partial charge on any atom is -0.494 e. The van der Waals surface area contributed by atoms with E-state index in [9.17, 15) is 0 Å². The molecule has 0 saturated heterocycles. The van der Waals surface area contributed by atoms with Crippen LogP contribution in [0.3, 0.4) is 0 Å². The lowest BCUT2D eigenvalue weighted by molar-refractivity contribution is 0.0323. The number of rotatable bonds is 4. The van der Waals surface area contributed by atoms with Crippen LogP contribution in [0.2, 0.25) is 0 Å². The number of fused-ring (bicyclic) bond motifs is 2. The van der Waals surface area contributed by atoms with Crippen molar-refractivity contribution < 1.29 is 4.74 Å². The highest BCUT2D eigenvalue weighted by Crippen LogP contribution is 2.51. The summed E-state index contributed by atoms with van der Waals surface area (Å²) in [6.45, 7) is 5.81. The molecular weight excluding hydrogens is 244 g/mol. The lowest BCUT2D eigenvalue weighted by Gasteiger charge is -2.47. The molecule has 20 heavy (non-hydrogen) atoms. The molecule has 0 heterocycles. The molecule has 2 bridgehead atoms. The summed E-state index contributed by atoms with van der Waals surface area (Å²) in [4.78, 5) is 0. The average molecular weight is 272 g/mol. The molecule has 1 aromatic rings. The van der Waals surface area contributed by atoms with Crippen molar-refractivity contribution in [1.82, 2.24) is 0 Å². The fourth-order valence-electron chi connectivity index (χ4n) is 4.84. The molecule has 2 aliphatic rings. The van der Waals surface area contributed by atoms with Crippen LogP contribution in [0, 0.1) is 23.2 Å². The Morgan fingerprint density at radius 3 is 2.35 bits per heavy atom. The van der Waals surface area contributed by atoms with Crippen molar-refractivity contribution in [2.24, 2.45) is 23.2 Å². The van der Waals surface area contributed by atoms with E-state index < -0.39 is 0 Å². The Morgan fingerprint density at radius 2 is 1.70 bits per heavy atom. The van der Waals surface area contributed by atoms with Crippen LogP contribution in [0.25, 0.3) is 0 Å². The number of ether oxygens (including phenoxy) is 1. The second kappa shape index (κ2) is 5.79. The van der Waals surface area contributed by atoms with Crippen molar-refractivity contribution in [1.29, 1.82) is 0 Å². The summed E-state index contributed by atoms with van der Waals surface area (Å²) in [5.74, 6) is 3.95. The molecule has 0 aromatic heterocycles. The van der Waals surface area contributed by atoms with Crippen molar-refractivity contribution >= 4 is 0 Å². The van der Waals surface area contributed by atoms with Crippen LogP contribution in [-0.2, 0) is 0 Å². The van der Waals surface area contributed by atoms with E-state index in [2.05, 4.69) is 26.0 Å². The standard InChI is InChI=1S/C19H28O/c1-15-10-16-12-17(11-15)14-19(2,13-16)8-9-20-18-6-4-3-5-7-18/h3-7,15-17H,8-14H2,1-2H3. The van der Waals surface area contributed by atoms with Gasteiger partial charge < -0.3 is 4.74 Å². The molecule has 2 aliphatic carbocycles.